The second-order valence-corrected chi connectivity index (χ2v) is 6.78. The highest BCUT2D eigenvalue weighted by Gasteiger charge is 2.27. The van der Waals surface area contributed by atoms with Gasteiger partial charge in [-0.25, -0.2) is 4.39 Å². The first kappa shape index (κ1) is 20.6. The van der Waals surface area contributed by atoms with E-state index in [2.05, 4.69) is 15.2 Å². The predicted octanol–water partition coefficient (Wildman–Crippen LogP) is 3.90. The van der Waals surface area contributed by atoms with Crippen molar-refractivity contribution in [2.24, 2.45) is 0 Å². The quantitative estimate of drug-likeness (QED) is 0.613. The number of carbonyl (C=O) groups is 1. The molecule has 0 spiro atoms. The summed E-state index contributed by atoms with van der Waals surface area (Å²) in [6, 6.07) is 12.3. The van der Waals surface area contributed by atoms with Crippen LogP contribution in [0, 0.1) is 5.82 Å². The number of fused-ring (bicyclic) bond motifs is 1. The number of rotatable bonds is 7. The number of hydrogen-bond acceptors (Lipinski definition) is 5. The largest absolute Gasteiger partial charge is 0.497 e. The van der Waals surface area contributed by atoms with Crippen LogP contribution in [-0.2, 0) is 13.1 Å². The van der Waals surface area contributed by atoms with Crippen molar-refractivity contribution in [2.45, 2.75) is 19.7 Å². The number of benzene rings is 2. The molecule has 31 heavy (non-hydrogen) atoms. The predicted molar refractivity (Wildman–Crippen MR) is 107 cm³/mol. The summed E-state index contributed by atoms with van der Waals surface area (Å²) in [4.78, 5) is 14.6. The molecule has 1 aliphatic rings. The lowest BCUT2D eigenvalue weighted by molar-refractivity contribution is -0.0499. The maximum atomic E-state index is 14.1. The lowest BCUT2D eigenvalue weighted by Gasteiger charge is -2.27. The second kappa shape index (κ2) is 8.58. The highest BCUT2D eigenvalue weighted by Crippen LogP contribution is 2.26. The molecule has 0 fully saturated rings. The third-order valence-electron chi connectivity index (χ3n) is 4.82. The van der Waals surface area contributed by atoms with Crippen LogP contribution in [-0.4, -0.2) is 36.0 Å². The van der Waals surface area contributed by atoms with Gasteiger partial charge in [-0.2, -0.15) is 13.9 Å². The van der Waals surface area contributed by atoms with Crippen molar-refractivity contribution in [1.82, 2.24) is 9.78 Å². The molecule has 1 aliphatic heterocycles. The Morgan fingerprint density at radius 1 is 1.13 bits per heavy atom. The van der Waals surface area contributed by atoms with Crippen molar-refractivity contribution in [3.8, 4) is 11.5 Å². The normalized spacial score (nSPS) is 13.3. The molecule has 4 rings (SSSR count). The van der Waals surface area contributed by atoms with Gasteiger partial charge in [-0.15, -0.1) is 0 Å². The molecule has 0 saturated carbocycles. The number of ether oxygens (including phenoxy) is 2. The fourth-order valence-electron chi connectivity index (χ4n) is 3.36. The third kappa shape index (κ3) is 4.42. The molecule has 0 saturated heterocycles. The van der Waals surface area contributed by atoms with Gasteiger partial charge in [0, 0.05) is 24.4 Å². The average molecular weight is 432 g/mol. The van der Waals surface area contributed by atoms with Gasteiger partial charge in [-0.1, -0.05) is 6.07 Å². The first-order valence-corrected chi connectivity index (χ1v) is 9.45. The van der Waals surface area contributed by atoms with E-state index in [4.69, 9.17) is 4.74 Å². The second-order valence-electron chi connectivity index (χ2n) is 6.78. The molecule has 0 aliphatic carbocycles. The van der Waals surface area contributed by atoms with Gasteiger partial charge >= 0.3 is 6.61 Å². The summed E-state index contributed by atoms with van der Waals surface area (Å²) in [6.45, 7) is -1.91. The Labute approximate surface area is 176 Å². The minimum Gasteiger partial charge on any atom is -0.497 e. The molecule has 0 radical (unpaired) electrons. The first-order valence-electron chi connectivity index (χ1n) is 9.45. The zero-order valence-electron chi connectivity index (χ0n) is 16.5. The van der Waals surface area contributed by atoms with E-state index in [9.17, 15) is 18.0 Å². The van der Waals surface area contributed by atoms with E-state index in [0.29, 0.717) is 30.2 Å². The van der Waals surface area contributed by atoms with E-state index in [0.717, 1.165) is 11.8 Å². The summed E-state index contributed by atoms with van der Waals surface area (Å²) < 4.78 is 49.6. The molecule has 162 valence electrons. The third-order valence-corrected chi connectivity index (χ3v) is 4.82. The fourth-order valence-corrected chi connectivity index (χ4v) is 3.36. The lowest BCUT2D eigenvalue weighted by Crippen LogP contribution is -2.40. The highest BCUT2D eigenvalue weighted by atomic mass is 19.3. The zero-order chi connectivity index (χ0) is 22.0. The molecule has 2 heterocycles. The van der Waals surface area contributed by atoms with Gasteiger partial charge in [0.1, 0.15) is 23.0 Å². The van der Waals surface area contributed by atoms with Crippen molar-refractivity contribution in [1.29, 1.82) is 0 Å². The van der Waals surface area contributed by atoms with Crippen LogP contribution >= 0.6 is 0 Å². The minimum atomic E-state index is -3.02. The SMILES string of the molecule is COc1cccc(N2CCn3nc(CNc4ccc(OC(F)F)cc4F)cc3C2=O)c1. The van der Waals surface area contributed by atoms with Crippen LogP contribution in [0.5, 0.6) is 11.5 Å². The van der Waals surface area contributed by atoms with Gasteiger partial charge in [0.25, 0.3) is 5.91 Å². The summed E-state index contributed by atoms with van der Waals surface area (Å²) in [5, 5.41) is 7.26. The standard InChI is InChI=1S/C21H19F3N4O3/c1-30-15-4-2-3-14(10-15)27-7-8-28-19(20(27)29)9-13(26-28)12-25-18-6-5-16(11-17(18)22)31-21(23)24/h2-6,9-11,21,25H,7-8,12H2,1H3. The van der Waals surface area contributed by atoms with Crippen LogP contribution in [0.3, 0.4) is 0 Å². The van der Waals surface area contributed by atoms with E-state index >= 15 is 0 Å². The number of nitrogens with zero attached hydrogens (tertiary/aromatic N) is 3. The number of methoxy groups -OCH3 is 1. The van der Waals surface area contributed by atoms with Gasteiger partial charge in [-0.3, -0.25) is 9.48 Å². The van der Waals surface area contributed by atoms with Crippen molar-refractivity contribution in [3.05, 3.63) is 65.7 Å². The Morgan fingerprint density at radius 3 is 2.71 bits per heavy atom. The maximum absolute atomic E-state index is 14.1. The van der Waals surface area contributed by atoms with E-state index in [1.54, 1.807) is 34.9 Å². The summed E-state index contributed by atoms with van der Waals surface area (Å²) in [7, 11) is 1.56. The van der Waals surface area contributed by atoms with Crippen molar-refractivity contribution < 1.29 is 27.4 Å². The molecule has 0 unspecified atom stereocenters. The number of hydrogen-bond donors (Lipinski definition) is 1. The number of aromatic nitrogens is 2. The van der Waals surface area contributed by atoms with Crippen LogP contribution in [0.4, 0.5) is 24.5 Å². The molecule has 1 amide bonds. The Balaban J connectivity index is 1.46. The van der Waals surface area contributed by atoms with E-state index in [-0.39, 0.29) is 23.9 Å². The molecule has 10 heteroatoms. The Hall–Kier alpha value is -3.69. The zero-order valence-corrected chi connectivity index (χ0v) is 16.5. The summed E-state index contributed by atoms with van der Waals surface area (Å²) in [5.41, 5.74) is 1.80. The van der Waals surface area contributed by atoms with Gasteiger partial charge in [0.2, 0.25) is 0 Å². The van der Waals surface area contributed by atoms with Crippen molar-refractivity contribution in [3.63, 3.8) is 0 Å². The van der Waals surface area contributed by atoms with Crippen molar-refractivity contribution in [2.75, 3.05) is 23.9 Å². The molecule has 1 aromatic heterocycles. The smallest absolute Gasteiger partial charge is 0.387 e. The van der Waals surface area contributed by atoms with Gasteiger partial charge in [-0.05, 0) is 30.3 Å². The number of alkyl halides is 2. The first-order chi connectivity index (χ1) is 14.9. The summed E-state index contributed by atoms with van der Waals surface area (Å²) in [6.07, 6.45) is 0. The number of carbonyl (C=O) groups excluding carboxylic acids is 1. The van der Waals surface area contributed by atoms with E-state index in [1.807, 2.05) is 12.1 Å². The minimum absolute atomic E-state index is 0.108. The monoisotopic (exact) mass is 432 g/mol. The van der Waals surface area contributed by atoms with Crippen LogP contribution < -0.4 is 19.7 Å². The molecule has 0 atom stereocenters. The number of halogens is 3. The number of nitrogens with one attached hydrogen (secondary N) is 1. The Kier molecular flexibility index (Phi) is 5.70. The maximum Gasteiger partial charge on any atom is 0.387 e. The fraction of sp³-hybridized carbons (Fsp3) is 0.238. The molecular weight excluding hydrogens is 413 g/mol. The topological polar surface area (TPSA) is 68.6 Å². The average Bonchev–Trinajstić information content (AvgIpc) is 3.17. The van der Waals surface area contributed by atoms with Crippen molar-refractivity contribution >= 4 is 17.3 Å². The van der Waals surface area contributed by atoms with Gasteiger partial charge < -0.3 is 19.7 Å². The highest BCUT2D eigenvalue weighted by molar-refractivity contribution is 6.05. The number of anilines is 2. The molecule has 2 aromatic carbocycles. The van der Waals surface area contributed by atoms with Gasteiger partial charge in [0.15, 0.2) is 0 Å². The molecule has 0 bridgehead atoms. The van der Waals surface area contributed by atoms with E-state index < -0.39 is 12.4 Å². The lowest BCUT2D eigenvalue weighted by atomic mass is 10.2. The van der Waals surface area contributed by atoms with Crippen LogP contribution in [0.25, 0.3) is 0 Å². The molecule has 3 aromatic rings. The van der Waals surface area contributed by atoms with Gasteiger partial charge in [0.05, 0.1) is 31.6 Å². The number of amides is 1. The summed E-state index contributed by atoms with van der Waals surface area (Å²) in [5.74, 6) is -0.541. The Bertz CT molecular complexity index is 1100. The molecule has 1 N–H and O–H groups in total. The Morgan fingerprint density at radius 2 is 1.97 bits per heavy atom. The van der Waals surface area contributed by atoms with E-state index in [1.165, 1.54) is 12.1 Å². The molecular formula is C21H19F3N4O3. The summed E-state index contributed by atoms with van der Waals surface area (Å²) >= 11 is 0. The molecule has 7 nitrogen and oxygen atoms in total. The van der Waals surface area contributed by atoms with Crippen LogP contribution in [0.1, 0.15) is 16.2 Å². The van der Waals surface area contributed by atoms with Crippen LogP contribution in [0.15, 0.2) is 48.5 Å². The van der Waals surface area contributed by atoms with Crippen LogP contribution in [0.2, 0.25) is 0 Å².